The first-order valence-electron chi connectivity index (χ1n) is 5.87. The van der Waals surface area contributed by atoms with Crippen molar-refractivity contribution in [1.82, 2.24) is 9.88 Å². The zero-order valence-corrected chi connectivity index (χ0v) is 11.5. The standard InChI is InChI=1S/C12H21ClN4/c1-4-9(2)7-17(3)8-11-10(13)5-6-12(15-11)16-14/h5-6,9H,4,7-8,14H2,1-3H3,(H,15,16). The minimum absolute atomic E-state index is 0.640. The van der Waals surface area contributed by atoms with Gasteiger partial charge in [-0.25, -0.2) is 10.8 Å². The lowest BCUT2D eigenvalue weighted by molar-refractivity contribution is 0.272. The Bertz CT molecular complexity index is 356. The van der Waals surface area contributed by atoms with Crippen LogP contribution in [0.1, 0.15) is 26.0 Å². The van der Waals surface area contributed by atoms with E-state index in [0.717, 1.165) is 18.8 Å². The van der Waals surface area contributed by atoms with E-state index in [2.05, 4.69) is 36.2 Å². The summed E-state index contributed by atoms with van der Waals surface area (Å²) in [7, 11) is 2.08. The van der Waals surface area contributed by atoms with Crippen molar-refractivity contribution in [3.63, 3.8) is 0 Å². The average molecular weight is 257 g/mol. The number of hydrogen-bond donors (Lipinski definition) is 2. The van der Waals surface area contributed by atoms with Gasteiger partial charge in [-0.1, -0.05) is 31.9 Å². The van der Waals surface area contributed by atoms with Crippen LogP contribution in [0.25, 0.3) is 0 Å². The van der Waals surface area contributed by atoms with Gasteiger partial charge in [-0.3, -0.25) is 0 Å². The molecule has 4 nitrogen and oxygen atoms in total. The molecule has 1 heterocycles. The Kier molecular flexibility index (Phi) is 5.68. The fourth-order valence-corrected chi connectivity index (χ4v) is 1.82. The highest BCUT2D eigenvalue weighted by atomic mass is 35.5. The van der Waals surface area contributed by atoms with Crippen LogP contribution in [-0.2, 0) is 6.54 Å². The Labute approximate surface area is 108 Å². The molecule has 1 aromatic heterocycles. The molecule has 5 heteroatoms. The number of halogens is 1. The highest BCUT2D eigenvalue weighted by molar-refractivity contribution is 6.31. The molecule has 0 fully saturated rings. The van der Waals surface area contributed by atoms with Crippen LogP contribution < -0.4 is 11.3 Å². The zero-order chi connectivity index (χ0) is 12.8. The van der Waals surface area contributed by atoms with Crippen molar-refractivity contribution < 1.29 is 0 Å². The number of nitrogens with zero attached hydrogens (tertiary/aromatic N) is 2. The molecule has 0 saturated heterocycles. The van der Waals surface area contributed by atoms with Crippen LogP contribution in [0.2, 0.25) is 5.02 Å². The maximum absolute atomic E-state index is 6.11. The number of nitrogens with one attached hydrogen (secondary N) is 1. The Balaban J connectivity index is 2.66. The van der Waals surface area contributed by atoms with E-state index in [1.54, 1.807) is 6.07 Å². The topological polar surface area (TPSA) is 54.2 Å². The van der Waals surface area contributed by atoms with E-state index in [9.17, 15) is 0 Å². The number of rotatable bonds is 6. The molecule has 17 heavy (non-hydrogen) atoms. The average Bonchev–Trinajstić information content (AvgIpc) is 2.31. The Morgan fingerprint density at radius 3 is 2.82 bits per heavy atom. The molecule has 1 rings (SSSR count). The summed E-state index contributed by atoms with van der Waals surface area (Å²) in [6.45, 7) is 6.21. The molecule has 1 unspecified atom stereocenters. The molecule has 96 valence electrons. The smallest absolute Gasteiger partial charge is 0.140 e. The van der Waals surface area contributed by atoms with E-state index < -0.39 is 0 Å². The highest BCUT2D eigenvalue weighted by Crippen LogP contribution is 2.18. The molecule has 0 aliphatic rings. The lowest BCUT2D eigenvalue weighted by Crippen LogP contribution is -2.24. The molecule has 3 N–H and O–H groups in total. The molecule has 0 bridgehead atoms. The van der Waals surface area contributed by atoms with Gasteiger partial charge < -0.3 is 10.3 Å². The zero-order valence-electron chi connectivity index (χ0n) is 10.7. The Hall–Kier alpha value is -0.840. The second-order valence-corrected chi connectivity index (χ2v) is 4.89. The second-order valence-electron chi connectivity index (χ2n) is 4.48. The number of anilines is 1. The molecule has 0 aliphatic carbocycles. The van der Waals surface area contributed by atoms with Crippen molar-refractivity contribution >= 4 is 17.4 Å². The van der Waals surface area contributed by atoms with Crippen LogP contribution in [0.4, 0.5) is 5.82 Å². The van der Waals surface area contributed by atoms with Gasteiger partial charge in [0.15, 0.2) is 0 Å². The number of nitrogen functional groups attached to an aromatic ring is 1. The van der Waals surface area contributed by atoms with Crippen molar-refractivity contribution in [3.05, 3.63) is 22.8 Å². The minimum Gasteiger partial charge on any atom is -0.308 e. The molecule has 0 amide bonds. The summed E-state index contributed by atoms with van der Waals surface area (Å²) in [4.78, 5) is 6.58. The molecule has 0 spiro atoms. The Morgan fingerprint density at radius 1 is 1.53 bits per heavy atom. The molecule has 1 atom stereocenters. The lowest BCUT2D eigenvalue weighted by atomic mass is 10.1. The third-order valence-corrected chi connectivity index (χ3v) is 3.15. The van der Waals surface area contributed by atoms with Crippen LogP contribution in [0.3, 0.4) is 0 Å². The molecule has 1 aromatic rings. The quantitative estimate of drug-likeness (QED) is 0.607. The summed E-state index contributed by atoms with van der Waals surface area (Å²) in [6.07, 6.45) is 1.18. The monoisotopic (exact) mass is 256 g/mol. The van der Waals surface area contributed by atoms with Crippen molar-refractivity contribution in [1.29, 1.82) is 0 Å². The molecule has 0 saturated carbocycles. The van der Waals surface area contributed by atoms with E-state index in [0.29, 0.717) is 16.8 Å². The third kappa shape index (κ3) is 4.50. The van der Waals surface area contributed by atoms with Crippen LogP contribution in [0, 0.1) is 5.92 Å². The van der Waals surface area contributed by atoms with E-state index in [-0.39, 0.29) is 0 Å². The molecule has 0 radical (unpaired) electrons. The number of hydrogen-bond acceptors (Lipinski definition) is 4. The number of pyridine rings is 1. The predicted molar refractivity (Wildman–Crippen MR) is 72.8 cm³/mol. The van der Waals surface area contributed by atoms with E-state index in [1.165, 1.54) is 6.42 Å². The Morgan fingerprint density at radius 2 is 2.24 bits per heavy atom. The van der Waals surface area contributed by atoms with Crippen LogP contribution >= 0.6 is 11.6 Å². The summed E-state index contributed by atoms with van der Waals surface area (Å²) >= 11 is 6.11. The number of nitrogens with two attached hydrogens (primary N) is 1. The van der Waals surface area contributed by atoms with Crippen molar-refractivity contribution in [3.8, 4) is 0 Å². The van der Waals surface area contributed by atoms with Crippen molar-refractivity contribution in [2.75, 3.05) is 19.0 Å². The summed E-state index contributed by atoms with van der Waals surface area (Å²) in [6, 6.07) is 3.58. The van der Waals surface area contributed by atoms with Crippen molar-refractivity contribution in [2.45, 2.75) is 26.8 Å². The van der Waals surface area contributed by atoms with Gasteiger partial charge >= 0.3 is 0 Å². The number of aromatic nitrogens is 1. The van der Waals surface area contributed by atoms with Gasteiger partial charge in [0.1, 0.15) is 5.82 Å². The van der Waals surface area contributed by atoms with Gasteiger partial charge in [-0.05, 0) is 25.1 Å². The SMILES string of the molecule is CCC(C)CN(C)Cc1nc(NN)ccc1Cl. The predicted octanol–water partition coefficient (Wildman–Crippen LogP) is 2.50. The van der Waals surface area contributed by atoms with Gasteiger partial charge in [-0.15, -0.1) is 0 Å². The summed E-state index contributed by atoms with van der Waals surface area (Å²) in [5.41, 5.74) is 3.39. The fourth-order valence-electron chi connectivity index (χ4n) is 1.66. The normalized spacial score (nSPS) is 12.8. The minimum atomic E-state index is 0.640. The maximum atomic E-state index is 6.11. The first kappa shape index (κ1) is 14.2. The van der Waals surface area contributed by atoms with Gasteiger partial charge in [-0.2, -0.15) is 0 Å². The molecule has 0 aliphatic heterocycles. The van der Waals surface area contributed by atoms with Gasteiger partial charge in [0.2, 0.25) is 0 Å². The van der Waals surface area contributed by atoms with E-state index >= 15 is 0 Å². The number of hydrazine groups is 1. The molecule has 0 aromatic carbocycles. The van der Waals surface area contributed by atoms with E-state index in [4.69, 9.17) is 17.4 Å². The fraction of sp³-hybridized carbons (Fsp3) is 0.583. The van der Waals surface area contributed by atoms with Crippen LogP contribution in [0.15, 0.2) is 12.1 Å². The van der Waals surface area contributed by atoms with Crippen LogP contribution in [0.5, 0.6) is 0 Å². The van der Waals surface area contributed by atoms with E-state index in [1.807, 2.05) is 6.07 Å². The first-order chi connectivity index (χ1) is 8.06. The second kappa shape index (κ2) is 6.79. The van der Waals surface area contributed by atoms with Crippen LogP contribution in [-0.4, -0.2) is 23.5 Å². The summed E-state index contributed by atoms with van der Waals surface area (Å²) < 4.78 is 0. The van der Waals surface area contributed by atoms with Gasteiger partial charge in [0, 0.05) is 13.1 Å². The van der Waals surface area contributed by atoms with Gasteiger partial charge in [0.25, 0.3) is 0 Å². The lowest BCUT2D eigenvalue weighted by Gasteiger charge is -2.20. The summed E-state index contributed by atoms with van der Waals surface area (Å²) in [5.74, 6) is 6.65. The first-order valence-corrected chi connectivity index (χ1v) is 6.25. The van der Waals surface area contributed by atoms with Gasteiger partial charge in [0.05, 0.1) is 10.7 Å². The molecular formula is C12H21ClN4. The van der Waals surface area contributed by atoms with Crippen molar-refractivity contribution in [2.24, 2.45) is 11.8 Å². The largest absolute Gasteiger partial charge is 0.308 e. The molecular weight excluding hydrogens is 236 g/mol. The third-order valence-electron chi connectivity index (χ3n) is 2.81. The summed E-state index contributed by atoms with van der Waals surface area (Å²) in [5, 5.41) is 0.681. The highest BCUT2D eigenvalue weighted by Gasteiger charge is 2.09. The maximum Gasteiger partial charge on any atom is 0.140 e.